The van der Waals surface area contributed by atoms with Crippen LogP contribution >= 0.6 is 0 Å². The van der Waals surface area contributed by atoms with Crippen LogP contribution in [0.1, 0.15) is 13.8 Å². The summed E-state index contributed by atoms with van der Waals surface area (Å²) in [5.74, 6) is 0.704. The molecule has 1 radical (unpaired) electrons. The number of hydrogen-bond donors (Lipinski definition) is 0. The van der Waals surface area contributed by atoms with E-state index in [1.165, 1.54) is 0 Å². The fourth-order valence-corrected chi connectivity index (χ4v) is 0.487. The fraction of sp³-hybridized carbons (Fsp3) is 0.714. The average Bonchev–Trinajstić information content (AvgIpc) is 1.66. The van der Waals surface area contributed by atoms with E-state index in [0.29, 0.717) is 5.92 Å². The van der Waals surface area contributed by atoms with Crippen molar-refractivity contribution in [2.75, 3.05) is 0 Å². The molecule has 0 rings (SSSR count). The fourth-order valence-electron chi connectivity index (χ4n) is 0.487. The monoisotopic (exact) mass is 109 g/mol. The van der Waals surface area contributed by atoms with Crippen LogP contribution in [0.2, 0.25) is 13.1 Å². The number of rotatable bonds is 3. The Morgan fingerprint density at radius 1 is 1.50 bits per heavy atom. The predicted octanol–water partition coefficient (Wildman–Crippen LogP) is 2.37. The van der Waals surface area contributed by atoms with Crippen molar-refractivity contribution in [2.45, 2.75) is 27.0 Å². The van der Waals surface area contributed by atoms with Crippen molar-refractivity contribution in [3.05, 3.63) is 12.2 Å². The van der Waals surface area contributed by atoms with E-state index in [0.717, 1.165) is 6.32 Å². The smallest absolute Gasteiger partial charge is 0.0961 e. The molecule has 0 saturated heterocycles. The van der Waals surface area contributed by atoms with Crippen LogP contribution in [0.5, 0.6) is 0 Å². The van der Waals surface area contributed by atoms with Crippen LogP contribution in [-0.2, 0) is 0 Å². The van der Waals surface area contributed by atoms with Crippen LogP contribution in [0.4, 0.5) is 0 Å². The molecule has 0 amide bonds. The first-order chi connectivity index (χ1) is 3.77. The second kappa shape index (κ2) is 4.95. The van der Waals surface area contributed by atoms with Crippen molar-refractivity contribution in [1.82, 2.24) is 0 Å². The third kappa shape index (κ3) is 5.80. The van der Waals surface area contributed by atoms with Gasteiger partial charge < -0.3 is 0 Å². The zero-order valence-corrected chi connectivity index (χ0v) is 6.02. The zero-order chi connectivity index (χ0) is 6.41. The van der Waals surface area contributed by atoms with Crippen molar-refractivity contribution in [1.29, 1.82) is 0 Å². The first-order valence-corrected chi connectivity index (χ1v) is 3.22. The molecule has 0 aliphatic carbocycles. The maximum Gasteiger partial charge on any atom is 0.110 e. The Bertz CT molecular complexity index is 64.8. The minimum absolute atomic E-state index is 0.704. The maximum atomic E-state index is 2.22. The van der Waals surface area contributed by atoms with Gasteiger partial charge in [0.25, 0.3) is 0 Å². The second-order valence-electron chi connectivity index (χ2n) is 2.32. The summed E-state index contributed by atoms with van der Waals surface area (Å²) in [5, 5.41) is 0. The van der Waals surface area contributed by atoms with Crippen LogP contribution in [0, 0.1) is 5.92 Å². The normalized spacial score (nSPS) is 11.0. The summed E-state index contributed by atoms with van der Waals surface area (Å²) in [6, 6.07) is 0. The molecular formula is C7H14B. The highest BCUT2D eigenvalue weighted by Crippen LogP contribution is 1.94. The SMILES string of the molecule is C[B]CC=CC(C)C. The van der Waals surface area contributed by atoms with Crippen LogP contribution in [0.25, 0.3) is 0 Å². The van der Waals surface area contributed by atoms with Gasteiger partial charge in [0.15, 0.2) is 0 Å². The molecule has 0 aromatic rings. The van der Waals surface area contributed by atoms with Gasteiger partial charge in [-0.2, -0.15) is 0 Å². The van der Waals surface area contributed by atoms with Crippen molar-refractivity contribution >= 4 is 7.28 Å². The average molecular weight is 109 g/mol. The Kier molecular flexibility index (Phi) is 4.83. The predicted molar refractivity (Wildman–Crippen MR) is 40.4 cm³/mol. The van der Waals surface area contributed by atoms with Gasteiger partial charge in [0.1, 0.15) is 7.28 Å². The highest BCUT2D eigenvalue weighted by molar-refractivity contribution is 6.34. The molecule has 0 nitrogen and oxygen atoms in total. The van der Waals surface area contributed by atoms with Gasteiger partial charge in [-0.15, -0.1) is 0 Å². The Morgan fingerprint density at radius 3 is 2.50 bits per heavy atom. The Labute approximate surface area is 53.2 Å². The highest BCUT2D eigenvalue weighted by Gasteiger charge is 1.80. The molecule has 1 heteroatoms. The van der Waals surface area contributed by atoms with Crippen molar-refractivity contribution < 1.29 is 0 Å². The van der Waals surface area contributed by atoms with E-state index in [4.69, 9.17) is 0 Å². The maximum absolute atomic E-state index is 2.22. The molecule has 0 N–H and O–H groups in total. The minimum atomic E-state index is 0.704. The topological polar surface area (TPSA) is 0 Å². The molecule has 0 fully saturated rings. The van der Waals surface area contributed by atoms with Crippen LogP contribution in [-0.4, -0.2) is 7.28 Å². The van der Waals surface area contributed by atoms with Gasteiger partial charge in [0.05, 0.1) is 0 Å². The first-order valence-electron chi connectivity index (χ1n) is 3.22. The highest BCUT2D eigenvalue weighted by atomic mass is 13.8. The molecule has 0 aromatic carbocycles. The van der Waals surface area contributed by atoms with Gasteiger partial charge in [-0.3, -0.25) is 0 Å². The van der Waals surface area contributed by atoms with Gasteiger partial charge in [-0.1, -0.05) is 39.1 Å². The summed E-state index contributed by atoms with van der Waals surface area (Å²) in [4.78, 5) is 0. The van der Waals surface area contributed by atoms with Crippen molar-refractivity contribution in [3.8, 4) is 0 Å². The third-order valence-corrected chi connectivity index (χ3v) is 0.893. The summed E-state index contributed by atoms with van der Waals surface area (Å²) in [5.41, 5.74) is 0. The molecule has 45 valence electrons. The summed E-state index contributed by atoms with van der Waals surface area (Å²) in [6.45, 7) is 6.45. The van der Waals surface area contributed by atoms with Gasteiger partial charge >= 0.3 is 0 Å². The quantitative estimate of drug-likeness (QED) is 0.385. The largest absolute Gasteiger partial charge is 0.110 e. The van der Waals surface area contributed by atoms with E-state index >= 15 is 0 Å². The third-order valence-electron chi connectivity index (χ3n) is 0.893. The number of allylic oxidation sites excluding steroid dienone is 2. The van der Waals surface area contributed by atoms with Gasteiger partial charge in [0, 0.05) is 0 Å². The first kappa shape index (κ1) is 7.80. The Hall–Kier alpha value is -0.195. The summed E-state index contributed by atoms with van der Waals surface area (Å²) in [7, 11) is 2.15. The Morgan fingerprint density at radius 2 is 2.12 bits per heavy atom. The van der Waals surface area contributed by atoms with Crippen LogP contribution in [0.3, 0.4) is 0 Å². The molecule has 0 atom stereocenters. The molecule has 0 spiro atoms. The molecule has 0 aliphatic heterocycles. The lowest BCUT2D eigenvalue weighted by Gasteiger charge is -1.90. The number of hydrogen-bond acceptors (Lipinski definition) is 0. The lowest BCUT2D eigenvalue weighted by molar-refractivity contribution is 0.830. The van der Waals surface area contributed by atoms with Gasteiger partial charge in [-0.05, 0) is 5.92 Å². The van der Waals surface area contributed by atoms with E-state index in [2.05, 4.69) is 40.1 Å². The molecule has 0 saturated carbocycles. The summed E-state index contributed by atoms with van der Waals surface area (Å²) < 4.78 is 0. The summed E-state index contributed by atoms with van der Waals surface area (Å²) in [6.07, 6.45) is 5.53. The van der Waals surface area contributed by atoms with Crippen molar-refractivity contribution in [2.24, 2.45) is 5.92 Å². The van der Waals surface area contributed by atoms with E-state index in [1.807, 2.05) is 0 Å². The second-order valence-corrected chi connectivity index (χ2v) is 2.32. The molecule has 0 aliphatic rings. The van der Waals surface area contributed by atoms with Crippen molar-refractivity contribution in [3.63, 3.8) is 0 Å². The molecular weight excluding hydrogens is 94.9 g/mol. The Balaban J connectivity index is 3.07. The lowest BCUT2D eigenvalue weighted by atomic mass is 9.78. The molecule has 0 bridgehead atoms. The van der Waals surface area contributed by atoms with E-state index < -0.39 is 0 Å². The van der Waals surface area contributed by atoms with E-state index in [-0.39, 0.29) is 0 Å². The standard InChI is InChI=1S/C7H14B/c1-7(2)5-4-6-8-3/h4-5,7H,6H2,1-3H3. The zero-order valence-electron chi connectivity index (χ0n) is 6.02. The summed E-state index contributed by atoms with van der Waals surface area (Å²) >= 11 is 0. The van der Waals surface area contributed by atoms with Gasteiger partial charge in [-0.25, -0.2) is 0 Å². The van der Waals surface area contributed by atoms with Crippen LogP contribution in [0.15, 0.2) is 12.2 Å². The molecule has 0 heterocycles. The van der Waals surface area contributed by atoms with E-state index in [9.17, 15) is 0 Å². The van der Waals surface area contributed by atoms with Gasteiger partial charge in [0.2, 0.25) is 0 Å². The molecule has 8 heavy (non-hydrogen) atoms. The minimum Gasteiger partial charge on any atom is -0.0961 e. The lowest BCUT2D eigenvalue weighted by Crippen LogP contribution is -1.78. The van der Waals surface area contributed by atoms with E-state index in [1.54, 1.807) is 0 Å². The molecule has 0 unspecified atom stereocenters. The van der Waals surface area contributed by atoms with Crippen LogP contribution < -0.4 is 0 Å². The molecule has 0 aromatic heterocycles.